The van der Waals surface area contributed by atoms with Crippen molar-refractivity contribution < 1.29 is 22.7 Å². The molecular formula is C17H16F3N3O2S. The first-order chi connectivity index (χ1) is 12.2. The standard InChI is InChI=1S/C17H16F3N3O2S/c1-2-15(24)23-16-22-13-9-8-11(25-17(18,19)20)10-14(13)26(16,21)12-6-4-3-5-7-12/h3-10H,2,21H2,1H3,(H,22,23,24). The van der Waals surface area contributed by atoms with E-state index in [0.29, 0.717) is 15.5 Å². The number of rotatable bonds is 3. The number of fused-ring (bicyclic) bond motifs is 1. The van der Waals surface area contributed by atoms with Crippen LogP contribution in [0.5, 0.6) is 5.75 Å². The number of nitrogens with zero attached hydrogens (tertiary/aromatic N) is 1. The predicted octanol–water partition coefficient (Wildman–Crippen LogP) is 4.21. The molecule has 1 amide bonds. The zero-order valence-corrected chi connectivity index (χ0v) is 14.5. The lowest BCUT2D eigenvalue weighted by molar-refractivity contribution is -0.274. The summed E-state index contributed by atoms with van der Waals surface area (Å²) < 4.78 is 41.7. The molecule has 138 valence electrons. The van der Waals surface area contributed by atoms with Gasteiger partial charge in [-0.3, -0.25) is 9.93 Å². The van der Waals surface area contributed by atoms with Crippen LogP contribution >= 0.6 is 10.2 Å². The van der Waals surface area contributed by atoms with E-state index in [1.54, 1.807) is 37.3 Å². The van der Waals surface area contributed by atoms with Crippen molar-refractivity contribution in [1.29, 1.82) is 0 Å². The van der Waals surface area contributed by atoms with Crippen LogP contribution in [0.1, 0.15) is 13.3 Å². The molecule has 2 aromatic rings. The second-order valence-corrected chi connectivity index (χ2v) is 8.09. The Hall–Kier alpha value is -2.52. The summed E-state index contributed by atoms with van der Waals surface area (Å²) in [7, 11) is -2.50. The minimum absolute atomic E-state index is 0.224. The maximum Gasteiger partial charge on any atom is 0.573 e. The molecule has 0 saturated heterocycles. The summed E-state index contributed by atoms with van der Waals surface area (Å²) in [6, 6.07) is 12.7. The number of nitrogens with two attached hydrogens (primary N) is 1. The van der Waals surface area contributed by atoms with Crippen LogP contribution < -0.4 is 15.2 Å². The number of carbonyl (C=O) groups is 1. The second-order valence-electron chi connectivity index (χ2n) is 5.47. The first-order valence-electron chi connectivity index (χ1n) is 7.68. The molecule has 1 aliphatic rings. The van der Waals surface area contributed by atoms with E-state index in [-0.39, 0.29) is 23.2 Å². The zero-order valence-electron chi connectivity index (χ0n) is 13.7. The molecule has 0 spiro atoms. The van der Waals surface area contributed by atoms with E-state index in [1.807, 2.05) is 0 Å². The van der Waals surface area contributed by atoms with Crippen LogP contribution in [0.4, 0.5) is 18.9 Å². The molecule has 0 saturated carbocycles. The fourth-order valence-electron chi connectivity index (χ4n) is 2.52. The highest BCUT2D eigenvalue weighted by Crippen LogP contribution is 2.64. The number of amidine groups is 1. The van der Waals surface area contributed by atoms with Crippen LogP contribution in [0, 0.1) is 0 Å². The molecule has 0 fully saturated rings. The van der Waals surface area contributed by atoms with Gasteiger partial charge >= 0.3 is 6.36 Å². The molecule has 0 aromatic heterocycles. The molecule has 2 aromatic carbocycles. The fourth-order valence-corrected chi connectivity index (χ4v) is 5.05. The van der Waals surface area contributed by atoms with Gasteiger partial charge in [-0.2, -0.15) is 0 Å². The molecule has 1 atom stereocenters. The molecule has 0 aliphatic carbocycles. The van der Waals surface area contributed by atoms with Crippen molar-refractivity contribution in [2.24, 2.45) is 10.1 Å². The average Bonchev–Trinajstić information content (AvgIpc) is 2.87. The van der Waals surface area contributed by atoms with E-state index in [0.717, 1.165) is 0 Å². The van der Waals surface area contributed by atoms with Gasteiger partial charge in [0.25, 0.3) is 0 Å². The molecule has 1 unspecified atom stereocenters. The zero-order chi connectivity index (χ0) is 18.9. The highest BCUT2D eigenvalue weighted by Gasteiger charge is 2.39. The summed E-state index contributed by atoms with van der Waals surface area (Å²) in [6.07, 6.45) is -4.59. The van der Waals surface area contributed by atoms with Gasteiger partial charge in [0.05, 0.1) is 5.69 Å². The van der Waals surface area contributed by atoms with Gasteiger partial charge in [0.2, 0.25) is 5.91 Å². The Morgan fingerprint density at radius 3 is 2.54 bits per heavy atom. The van der Waals surface area contributed by atoms with Gasteiger partial charge in [-0.25, -0.2) is 4.99 Å². The molecule has 5 nitrogen and oxygen atoms in total. The lowest BCUT2D eigenvalue weighted by atomic mass is 10.3. The Morgan fingerprint density at radius 1 is 1.23 bits per heavy atom. The molecule has 0 bridgehead atoms. The van der Waals surface area contributed by atoms with Gasteiger partial charge in [-0.15, -0.1) is 13.2 Å². The third-order valence-corrected chi connectivity index (χ3v) is 6.56. The minimum atomic E-state index is -4.81. The molecule has 1 aliphatic heterocycles. The second kappa shape index (κ2) is 6.65. The van der Waals surface area contributed by atoms with Crippen molar-refractivity contribution in [3.63, 3.8) is 0 Å². The highest BCUT2D eigenvalue weighted by molar-refractivity contribution is 8.44. The molecule has 3 rings (SSSR count). The summed E-state index contributed by atoms with van der Waals surface area (Å²) in [5.74, 6) is -0.658. The number of amides is 1. The Morgan fingerprint density at radius 2 is 1.92 bits per heavy atom. The molecule has 3 N–H and O–H groups in total. The van der Waals surface area contributed by atoms with Crippen LogP contribution in [0.2, 0.25) is 0 Å². The molecule has 26 heavy (non-hydrogen) atoms. The van der Waals surface area contributed by atoms with Gasteiger partial charge in [0, 0.05) is 16.2 Å². The van der Waals surface area contributed by atoms with Gasteiger partial charge in [-0.1, -0.05) is 35.3 Å². The SMILES string of the molecule is CCC(=O)NC1=Nc2ccc(OC(F)(F)F)cc2S1(N)c1ccccc1. The summed E-state index contributed by atoms with van der Waals surface area (Å²) >= 11 is 0. The number of aliphatic imine (C=N–C) groups is 1. The number of hydrogen-bond donors (Lipinski definition) is 2. The maximum atomic E-state index is 12.6. The van der Waals surface area contributed by atoms with Crippen LogP contribution in [0.25, 0.3) is 0 Å². The smallest absolute Gasteiger partial charge is 0.406 e. The minimum Gasteiger partial charge on any atom is -0.406 e. The van der Waals surface area contributed by atoms with Crippen LogP contribution in [-0.2, 0) is 4.79 Å². The van der Waals surface area contributed by atoms with Crippen LogP contribution in [-0.4, -0.2) is 17.4 Å². The van der Waals surface area contributed by atoms with Gasteiger partial charge in [-0.05, 0) is 30.3 Å². The van der Waals surface area contributed by atoms with Crippen molar-refractivity contribution in [2.45, 2.75) is 29.5 Å². The van der Waals surface area contributed by atoms with Crippen LogP contribution in [0.15, 0.2) is 63.3 Å². The largest absolute Gasteiger partial charge is 0.573 e. The number of benzene rings is 2. The maximum absolute atomic E-state index is 12.6. The van der Waals surface area contributed by atoms with E-state index in [1.165, 1.54) is 18.2 Å². The monoisotopic (exact) mass is 383 g/mol. The third kappa shape index (κ3) is 3.40. The van der Waals surface area contributed by atoms with Gasteiger partial charge in [0.15, 0.2) is 5.17 Å². The summed E-state index contributed by atoms with van der Waals surface area (Å²) in [5, 5.41) is 9.61. The fraction of sp³-hybridized carbons (Fsp3) is 0.176. The van der Waals surface area contributed by atoms with Crippen LogP contribution in [0.3, 0.4) is 0 Å². The van der Waals surface area contributed by atoms with Crippen molar-refractivity contribution in [3.05, 3.63) is 48.5 Å². The van der Waals surface area contributed by atoms with Crippen molar-refractivity contribution in [3.8, 4) is 5.75 Å². The van der Waals surface area contributed by atoms with Gasteiger partial charge < -0.3 is 10.1 Å². The summed E-state index contributed by atoms with van der Waals surface area (Å²) in [4.78, 5) is 17.3. The Kier molecular flexibility index (Phi) is 4.68. The average molecular weight is 383 g/mol. The topological polar surface area (TPSA) is 76.7 Å². The number of ether oxygens (including phenoxy) is 1. The quantitative estimate of drug-likeness (QED) is 0.834. The first kappa shape index (κ1) is 18.3. The van der Waals surface area contributed by atoms with E-state index in [9.17, 15) is 18.0 Å². The van der Waals surface area contributed by atoms with E-state index >= 15 is 0 Å². The molecule has 0 radical (unpaired) electrons. The number of carbonyl (C=O) groups excluding carboxylic acids is 1. The van der Waals surface area contributed by atoms with Crippen molar-refractivity contribution >= 4 is 27.0 Å². The summed E-state index contributed by atoms with van der Waals surface area (Å²) in [6.45, 7) is 1.68. The number of nitrogens with one attached hydrogen (secondary N) is 1. The number of hydrogen-bond acceptors (Lipinski definition) is 4. The van der Waals surface area contributed by atoms with Crippen molar-refractivity contribution in [2.75, 3.05) is 0 Å². The van der Waals surface area contributed by atoms with Crippen molar-refractivity contribution in [1.82, 2.24) is 5.32 Å². The highest BCUT2D eigenvalue weighted by atomic mass is 32.3. The van der Waals surface area contributed by atoms with E-state index in [2.05, 4.69) is 15.0 Å². The lowest BCUT2D eigenvalue weighted by Crippen LogP contribution is -2.35. The number of halogens is 3. The number of alkyl halides is 3. The molecule has 9 heteroatoms. The predicted molar refractivity (Wildman–Crippen MR) is 93.4 cm³/mol. The Bertz CT molecular complexity index is 871. The Balaban J connectivity index is 2.11. The van der Waals surface area contributed by atoms with E-state index in [4.69, 9.17) is 5.14 Å². The normalized spacial score (nSPS) is 21.3. The lowest BCUT2D eigenvalue weighted by Gasteiger charge is -2.33. The summed E-state index contributed by atoms with van der Waals surface area (Å²) in [5.41, 5.74) is 0.410. The third-order valence-electron chi connectivity index (χ3n) is 3.72. The Labute approximate surface area is 149 Å². The first-order valence-corrected chi connectivity index (χ1v) is 9.38. The van der Waals surface area contributed by atoms with Gasteiger partial charge in [0.1, 0.15) is 5.75 Å². The molecular weight excluding hydrogens is 367 g/mol. The molecule has 1 heterocycles. The van der Waals surface area contributed by atoms with E-state index < -0.39 is 16.6 Å².